The highest BCUT2D eigenvalue weighted by Crippen LogP contribution is 2.31. The molecule has 7 nitrogen and oxygen atoms in total. The Morgan fingerprint density at radius 2 is 1.52 bits per heavy atom. The minimum atomic E-state index is -4.20. The number of nitrogens with one attached hydrogen (secondary N) is 1. The fraction of sp³-hybridized carbons (Fsp3) is 0.235. The Kier molecular flexibility index (Phi) is 11.6. The number of carbonyl (C=O) groups excluding carboxylic acids is 2. The van der Waals surface area contributed by atoms with Crippen molar-refractivity contribution >= 4 is 55.1 Å². The number of anilines is 1. The van der Waals surface area contributed by atoms with E-state index in [1.807, 2.05) is 61.5 Å². The molecule has 1 N–H and O–H groups in total. The molecular formula is C34H35BrClN3O4S. The maximum absolute atomic E-state index is 14.5. The molecule has 4 rings (SSSR count). The standard InChI is InChI=1S/C34H35BrClN3O4S/c1-3-20-37-34(41)32(22-26-12-6-4-7-13-26)38(23-27-14-10-15-28(35)21-27)33(40)24-39(31-19-11-18-30(36)25(31)2)44(42,43)29-16-8-5-9-17-29/h4-19,21,32H,3,20,22-24H2,1-2H3,(H,37,41)/t32-/m0/s1. The summed E-state index contributed by atoms with van der Waals surface area (Å²) >= 11 is 9.93. The van der Waals surface area contributed by atoms with Crippen LogP contribution < -0.4 is 9.62 Å². The van der Waals surface area contributed by atoms with Gasteiger partial charge in [-0.3, -0.25) is 13.9 Å². The molecule has 10 heteroatoms. The van der Waals surface area contributed by atoms with Gasteiger partial charge in [-0.1, -0.05) is 101 Å². The molecule has 0 aliphatic heterocycles. The molecule has 0 saturated carbocycles. The summed E-state index contributed by atoms with van der Waals surface area (Å²) in [6, 6.07) is 28.9. The van der Waals surface area contributed by atoms with Crippen molar-refractivity contribution in [3.05, 3.63) is 129 Å². The molecule has 0 bridgehead atoms. The fourth-order valence-corrected chi connectivity index (χ4v) is 6.96. The number of benzene rings is 4. The molecule has 0 spiro atoms. The van der Waals surface area contributed by atoms with Crippen molar-refractivity contribution in [3.8, 4) is 0 Å². The molecule has 0 fully saturated rings. The highest BCUT2D eigenvalue weighted by molar-refractivity contribution is 9.10. The van der Waals surface area contributed by atoms with E-state index in [0.29, 0.717) is 17.1 Å². The van der Waals surface area contributed by atoms with Crippen LogP contribution in [0.5, 0.6) is 0 Å². The summed E-state index contributed by atoms with van der Waals surface area (Å²) in [6.45, 7) is 3.66. The minimum absolute atomic E-state index is 0.0345. The zero-order valence-electron chi connectivity index (χ0n) is 24.6. The van der Waals surface area contributed by atoms with Crippen LogP contribution in [0, 0.1) is 6.92 Å². The smallest absolute Gasteiger partial charge is 0.264 e. The first-order valence-electron chi connectivity index (χ1n) is 14.3. The van der Waals surface area contributed by atoms with E-state index in [1.165, 1.54) is 17.0 Å². The largest absolute Gasteiger partial charge is 0.354 e. The van der Waals surface area contributed by atoms with Gasteiger partial charge in [-0.05, 0) is 66.4 Å². The zero-order valence-corrected chi connectivity index (χ0v) is 27.8. The van der Waals surface area contributed by atoms with Crippen molar-refractivity contribution in [2.45, 2.75) is 44.2 Å². The fourth-order valence-electron chi connectivity index (χ4n) is 4.85. The van der Waals surface area contributed by atoms with Crippen LogP contribution in [0.1, 0.15) is 30.0 Å². The Morgan fingerprint density at radius 1 is 0.886 bits per heavy atom. The molecule has 1 atom stereocenters. The topological polar surface area (TPSA) is 86.8 Å². The summed E-state index contributed by atoms with van der Waals surface area (Å²) in [5.41, 5.74) is 2.45. The first-order valence-corrected chi connectivity index (χ1v) is 16.9. The normalized spacial score (nSPS) is 11.9. The first-order chi connectivity index (χ1) is 21.1. The second-order valence-corrected chi connectivity index (χ2v) is 13.5. The maximum atomic E-state index is 14.5. The third kappa shape index (κ3) is 8.28. The summed E-state index contributed by atoms with van der Waals surface area (Å²) in [5, 5.41) is 3.32. The maximum Gasteiger partial charge on any atom is 0.264 e. The molecule has 0 heterocycles. The molecule has 0 unspecified atom stereocenters. The third-order valence-electron chi connectivity index (χ3n) is 7.18. The van der Waals surface area contributed by atoms with Crippen molar-refractivity contribution in [2.24, 2.45) is 0 Å². The van der Waals surface area contributed by atoms with Gasteiger partial charge in [0.05, 0.1) is 10.6 Å². The van der Waals surface area contributed by atoms with Gasteiger partial charge < -0.3 is 10.2 Å². The van der Waals surface area contributed by atoms with Crippen LogP contribution in [0.2, 0.25) is 5.02 Å². The summed E-state index contributed by atoms with van der Waals surface area (Å²) in [6.07, 6.45) is 0.971. The van der Waals surface area contributed by atoms with Crippen LogP contribution >= 0.6 is 27.5 Å². The molecule has 0 saturated heterocycles. The van der Waals surface area contributed by atoms with Gasteiger partial charge in [0.2, 0.25) is 11.8 Å². The van der Waals surface area contributed by atoms with Crippen molar-refractivity contribution in [3.63, 3.8) is 0 Å². The lowest BCUT2D eigenvalue weighted by molar-refractivity contribution is -0.140. The second-order valence-electron chi connectivity index (χ2n) is 10.4. The number of sulfonamides is 1. The van der Waals surface area contributed by atoms with E-state index < -0.39 is 28.5 Å². The predicted molar refractivity (Wildman–Crippen MR) is 179 cm³/mol. The molecule has 0 aliphatic carbocycles. The number of nitrogens with zero attached hydrogens (tertiary/aromatic N) is 2. The van der Waals surface area contributed by atoms with Gasteiger partial charge in [0.15, 0.2) is 0 Å². The molecule has 4 aromatic rings. The average Bonchev–Trinajstić information content (AvgIpc) is 3.02. The zero-order chi connectivity index (χ0) is 31.7. The lowest BCUT2D eigenvalue weighted by Gasteiger charge is -2.34. The third-order valence-corrected chi connectivity index (χ3v) is 9.86. The summed E-state index contributed by atoms with van der Waals surface area (Å²) < 4.78 is 30.1. The van der Waals surface area contributed by atoms with Crippen LogP contribution in [-0.4, -0.2) is 44.3 Å². The van der Waals surface area contributed by atoms with E-state index in [1.54, 1.807) is 43.3 Å². The number of rotatable bonds is 13. The van der Waals surface area contributed by atoms with E-state index in [-0.39, 0.29) is 29.5 Å². The molecular weight excluding hydrogens is 662 g/mol. The Labute approximate surface area is 273 Å². The summed E-state index contributed by atoms with van der Waals surface area (Å²) in [5.74, 6) is -0.841. The number of halogens is 2. The highest BCUT2D eigenvalue weighted by atomic mass is 79.9. The molecule has 230 valence electrons. The van der Waals surface area contributed by atoms with E-state index in [9.17, 15) is 18.0 Å². The van der Waals surface area contributed by atoms with Crippen LogP contribution in [0.25, 0.3) is 0 Å². The van der Waals surface area contributed by atoms with Crippen molar-refractivity contribution in [1.29, 1.82) is 0 Å². The van der Waals surface area contributed by atoms with Crippen LogP contribution in [0.15, 0.2) is 112 Å². The van der Waals surface area contributed by atoms with Crippen LogP contribution in [0.3, 0.4) is 0 Å². The van der Waals surface area contributed by atoms with E-state index in [2.05, 4.69) is 21.2 Å². The van der Waals surface area contributed by atoms with Gasteiger partial charge in [-0.15, -0.1) is 0 Å². The van der Waals surface area contributed by atoms with Crippen LogP contribution in [-0.2, 0) is 32.6 Å². The van der Waals surface area contributed by atoms with Gasteiger partial charge in [-0.25, -0.2) is 8.42 Å². The lowest BCUT2D eigenvalue weighted by atomic mass is 10.0. The van der Waals surface area contributed by atoms with Crippen molar-refractivity contribution < 1.29 is 18.0 Å². The Balaban J connectivity index is 1.82. The van der Waals surface area contributed by atoms with E-state index in [4.69, 9.17) is 11.6 Å². The minimum Gasteiger partial charge on any atom is -0.354 e. The van der Waals surface area contributed by atoms with Crippen LogP contribution in [0.4, 0.5) is 5.69 Å². The van der Waals surface area contributed by atoms with E-state index >= 15 is 0 Å². The Morgan fingerprint density at radius 3 is 2.18 bits per heavy atom. The second kappa shape index (κ2) is 15.4. The Hall–Kier alpha value is -3.66. The van der Waals surface area contributed by atoms with Gasteiger partial charge in [-0.2, -0.15) is 0 Å². The average molecular weight is 697 g/mol. The molecule has 0 radical (unpaired) electrons. The Bertz CT molecular complexity index is 1690. The van der Waals surface area contributed by atoms with Crippen molar-refractivity contribution in [1.82, 2.24) is 10.2 Å². The molecule has 0 aromatic heterocycles. The first kappa shape index (κ1) is 33.2. The number of carbonyl (C=O) groups is 2. The highest BCUT2D eigenvalue weighted by Gasteiger charge is 2.35. The summed E-state index contributed by atoms with van der Waals surface area (Å²) in [7, 11) is -4.20. The summed E-state index contributed by atoms with van der Waals surface area (Å²) in [4.78, 5) is 29.7. The molecule has 44 heavy (non-hydrogen) atoms. The number of amides is 2. The predicted octanol–water partition coefficient (Wildman–Crippen LogP) is 6.77. The van der Waals surface area contributed by atoms with Gasteiger partial charge >= 0.3 is 0 Å². The molecule has 0 aliphatic rings. The lowest BCUT2D eigenvalue weighted by Crippen LogP contribution is -2.53. The van der Waals surface area contributed by atoms with Crippen molar-refractivity contribution in [2.75, 3.05) is 17.4 Å². The van der Waals surface area contributed by atoms with Gasteiger partial charge in [0, 0.05) is 29.0 Å². The number of hydrogen-bond acceptors (Lipinski definition) is 4. The monoisotopic (exact) mass is 695 g/mol. The van der Waals surface area contributed by atoms with Gasteiger partial charge in [0.25, 0.3) is 10.0 Å². The SMILES string of the molecule is CCCNC(=O)[C@H](Cc1ccccc1)N(Cc1cccc(Br)c1)C(=O)CN(c1cccc(Cl)c1C)S(=O)(=O)c1ccccc1. The molecule has 2 amide bonds. The quantitative estimate of drug-likeness (QED) is 0.167. The molecule has 4 aromatic carbocycles. The number of hydrogen-bond donors (Lipinski definition) is 1. The van der Waals surface area contributed by atoms with E-state index in [0.717, 1.165) is 26.3 Å². The van der Waals surface area contributed by atoms with Gasteiger partial charge in [0.1, 0.15) is 12.6 Å².